The van der Waals surface area contributed by atoms with Crippen molar-refractivity contribution < 1.29 is 0 Å². The Labute approximate surface area is 51.6 Å². The van der Waals surface area contributed by atoms with Gasteiger partial charge < -0.3 is 0 Å². The van der Waals surface area contributed by atoms with Gasteiger partial charge in [0.05, 0.1) is 0 Å². The molecule has 46 valence electrons. The molecular weight excluding hydrogens is 96.1 g/mol. The summed E-state index contributed by atoms with van der Waals surface area (Å²) >= 11 is 0. The fraction of sp³-hybridized carbons (Fsp3) is 0.750. The predicted octanol–water partition coefficient (Wildman–Crippen LogP) is 2.75. The molecule has 0 heterocycles. The van der Waals surface area contributed by atoms with Gasteiger partial charge in [0, 0.05) is 0 Å². The zero-order valence-electron chi connectivity index (χ0n) is 5.78. The molecule has 0 spiro atoms. The highest BCUT2D eigenvalue weighted by Gasteiger charge is 2.14. The van der Waals surface area contributed by atoms with E-state index in [1.807, 2.05) is 0 Å². The lowest BCUT2D eigenvalue weighted by Crippen LogP contribution is -2.08. The summed E-state index contributed by atoms with van der Waals surface area (Å²) in [5.74, 6) is 0.958. The zero-order chi connectivity index (χ0) is 5.98. The first-order valence-electron chi connectivity index (χ1n) is 3.51. The minimum absolute atomic E-state index is 0.958. The number of hydrogen-bond donors (Lipinski definition) is 0. The van der Waals surface area contributed by atoms with Crippen molar-refractivity contribution in [3.63, 3.8) is 0 Å². The Morgan fingerprint density at radius 2 is 2.50 bits per heavy atom. The van der Waals surface area contributed by atoms with Gasteiger partial charge in [-0.2, -0.15) is 0 Å². The van der Waals surface area contributed by atoms with E-state index in [9.17, 15) is 0 Å². The maximum Gasteiger partial charge on any atom is -0.0171 e. The molecule has 1 rings (SSSR count). The SMILES string of the molecule is CCCC1CC=C1C. The molecule has 0 bridgehead atoms. The minimum Gasteiger partial charge on any atom is -0.0847 e. The molecule has 1 atom stereocenters. The van der Waals surface area contributed by atoms with Crippen LogP contribution in [0.1, 0.15) is 33.1 Å². The van der Waals surface area contributed by atoms with Crippen LogP contribution in [0.2, 0.25) is 0 Å². The lowest BCUT2D eigenvalue weighted by atomic mass is 9.83. The molecule has 0 nitrogen and oxygen atoms in total. The fourth-order valence-corrected chi connectivity index (χ4v) is 1.21. The van der Waals surface area contributed by atoms with Crippen LogP contribution in [0.15, 0.2) is 11.6 Å². The molecule has 0 amide bonds. The van der Waals surface area contributed by atoms with Crippen molar-refractivity contribution in [3.8, 4) is 0 Å². The number of rotatable bonds is 2. The van der Waals surface area contributed by atoms with Gasteiger partial charge in [-0.1, -0.05) is 25.0 Å². The maximum absolute atomic E-state index is 2.33. The van der Waals surface area contributed by atoms with Crippen LogP contribution < -0.4 is 0 Å². The van der Waals surface area contributed by atoms with Crippen LogP contribution in [0.25, 0.3) is 0 Å². The molecule has 0 aromatic heterocycles. The summed E-state index contributed by atoms with van der Waals surface area (Å²) in [6.45, 7) is 4.50. The maximum atomic E-state index is 2.33. The van der Waals surface area contributed by atoms with Crippen molar-refractivity contribution in [2.45, 2.75) is 33.1 Å². The van der Waals surface area contributed by atoms with Crippen molar-refractivity contribution in [2.24, 2.45) is 5.92 Å². The molecule has 0 aromatic carbocycles. The largest absolute Gasteiger partial charge is 0.0847 e. The minimum atomic E-state index is 0.958. The normalized spacial score (nSPS) is 26.8. The van der Waals surface area contributed by atoms with Crippen LogP contribution in [-0.2, 0) is 0 Å². The van der Waals surface area contributed by atoms with Gasteiger partial charge in [-0.05, 0) is 25.7 Å². The first-order chi connectivity index (χ1) is 3.84. The van der Waals surface area contributed by atoms with Gasteiger partial charge in [-0.25, -0.2) is 0 Å². The summed E-state index contributed by atoms with van der Waals surface area (Å²) in [5.41, 5.74) is 1.62. The van der Waals surface area contributed by atoms with Crippen LogP contribution in [0, 0.1) is 5.92 Å². The predicted molar refractivity (Wildman–Crippen MR) is 36.8 cm³/mol. The number of hydrogen-bond acceptors (Lipinski definition) is 0. The molecule has 1 aliphatic rings. The second kappa shape index (κ2) is 2.34. The third-order valence-corrected chi connectivity index (χ3v) is 2.01. The topological polar surface area (TPSA) is 0 Å². The van der Waals surface area contributed by atoms with Gasteiger partial charge in [-0.15, -0.1) is 0 Å². The molecule has 0 radical (unpaired) electrons. The molecule has 8 heavy (non-hydrogen) atoms. The van der Waals surface area contributed by atoms with Crippen molar-refractivity contribution in [1.82, 2.24) is 0 Å². The fourth-order valence-electron chi connectivity index (χ4n) is 1.21. The Morgan fingerprint density at radius 3 is 2.62 bits per heavy atom. The highest BCUT2D eigenvalue weighted by Crippen LogP contribution is 2.29. The summed E-state index contributed by atoms with van der Waals surface area (Å²) in [5, 5.41) is 0. The summed E-state index contributed by atoms with van der Waals surface area (Å²) in [6, 6.07) is 0. The molecule has 1 aliphatic carbocycles. The van der Waals surface area contributed by atoms with Crippen LogP contribution in [0.5, 0.6) is 0 Å². The first kappa shape index (κ1) is 5.87. The molecule has 0 fully saturated rings. The molecular formula is C8H14. The Hall–Kier alpha value is -0.260. The summed E-state index contributed by atoms with van der Waals surface area (Å²) in [6.07, 6.45) is 6.43. The Kier molecular flexibility index (Phi) is 1.72. The van der Waals surface area contributed by atoms with Crippen molar-refractivity contribution in [2.75, 3.05) is 0 Å². The highest BCUT2D eigenvalue weighted by atomic mass is 14.2. The highest BCUT2D eigenvalue weighted by molar-refractivity contribution is 5.14. The summed E-state index contributed by atoms with van der Waals surface area (Å²) < 4.78 is 0. The van der Waals surface area contributed by atoms with Crippen LogP contribution in [0.3, 0.4) is 0 Å². The second-order valence-electron chi connectivity index (χ2n) is 2.67. The summed E-state index contributed by atoms with van der Waals surface area (Å²) in [7, 11) is 0. The van der Waals surface area contributed by atoms with Crippen LogP contribution in [0.4, 0.5) is 0 Å². The molecule has 0 aliphatic heterocycles. The molecule has 0 saturated heterocycles. The van der Waals surface area contributed by atoms with Crippen LogP contribution in [-0.4, -0.2) is 0 Å². The van der Waals surface area contributed by atoms with Gasteiger partial charge in [-0.3, -0.25) is 0 Å². The van der Waals surface area contributed by atoms with Crippen LogP contribution >= 0.6 is 0 Å². The van der Waals surface area contributed by atoms with E-state index in [0.29, 0.717) is 0 Å². The van der Waals surface area contributed by atoms with E-state index in [0.717, 1.165) is 5.92 Å². The lowest BCUT2D eigenvalue weighted by molar-refractivity contribution is 0.510. The van der Waals surface area contributed by atoms with E-state index in [4.69, 9.17) is 0 Å². The Bertz CT molecular complexity index is 101. The molecule has 0 aromatic rings. The van der Waals surface area contributed by atoms with Gasteiger partial charge >= 0.3 is 0 Å². The van der Waals surface area contributed by atoms with E-state index in [-0.39, 0.29) is 0 Å². The zero-order valence-corrected chi connectivity index (χ0v) is 5.78. The third-order valence-electron chi connectivity index (χ3n) is 2.01. The second-order valence-corrected chi connectivity index (χ2v) is 2.67. The average molecular weight is 110 g/mol. The standard InChI is InChI=1S/C8H14/c1-3-4-8-6-5-7(8)2/h5,8H,3-4,6H2,1-2H3. The molecule has 1 unspecified atom stereocenters. The first-order valence-corrected chi connectivity index (χ1v) is 3.51. The third kappa shape index (κ3) is 0.936. The van der Waals surface area contributed by atoms with Crippen molar-refractivity contribution in [1.29, 1.82) is 0 Å². The molecule has 0 N–H and O–H groups in total. The van der Waals surface area contributed by atoms with E-state index in [2.05, 4.69) is 19.9 Å². The van der Waals surface area contributed by atoms with E-state index in [1.165, 1.54) is 19.3 Å². The van der Waals surface area contributed by atoms with Gasteiger partial charge in [0.15, 0.2) is 0 Å². The van der Waals surface area contributed by atoms with Gasteiger partial charge in [0.2, 0.25) is 0 Å². The van der Waals surface area contributed by atoms with E-state index >= 15 is 0 Å². The van der Waals surface area contributed by atoms with E-state index in [1.54, 1.807) is 5.57 Å². The lowest BCUT2D eigenvalue weighted by Gasteiger charge is -2.23. The Balaban J connectivity index is 2.22. The monoisotopic (exact) mass is 110 g/mol. The Morgan fingerprint density at radius 1 is 1.75 bits per heavy atom. The van der Waals surface area contributed by atoms with E-state index < -0.39 is 0 Å². The number of allylic oxidation sites excluding steroid dienone is 2. The molecule has 0 saturated carbocycles. The van der Waals surface area contributed by atoms with Crippen molar-refractivity contribution >= 4 is 0 Å². The smallest absolute Gasteiger partial charge is 0.0171 e. The molecule has 0 heteroatoms. The quantitative estimate of drug-likeness (QED) is 0.479. The van der Waals surface area contributed by atoms with Crippen molar-refractivity contribution in [3.05, 3.63) is 11.6 Å². The average Bonchev–Trinajstić information content (AvgIpc) is 1.79. The van der Waals surface area contributed by atoms with Gasteiger partial charge in [0.25, 0.3) is 0 Å². The summed E-state index contributed by atoms with van der Waals surface area (Å²) in [4.78, 5) is 0. The van der Waals surface area contributed by atoms with Gasteiger partial charge in [0.1, 0.15) is 0 Å².